The highest BCUT2D eigenvalue weighted by Gasteiger charge is 2.19. The SMILES string of the molecule is c1ccc(-c2nc(-c3ccc4c(c3)oc3ccc(-c5ccc6c7ccccc7c7ccccc7c6c5)cc34)nc(-c3cccc4c3oc3ccccc34)n2)cc1. The monoisotopic (exact) mass is 715 g/mol. The summed E-state index contributed by atoms with van der Waals surface area (Å²) in [4.78, 5) is 15.1. The van der Waals surface area contributed by atoms with Crippen LogP contribution in [0.25, 0.3) is 121 Å². The van der Waals surface area contributed by atoms with Crippen LogP contribution in [-0.2, 0) is 0 Å². The molecule has 0 amide bonds. The van der Waals surface area contributed by atoms with Gasteiger partial charge in [-0.05, 0) is 85.9 Å². The molecule has 0 bridgehead atoms. The van der Waals surface area contributed by atoms with Gasteiger partial charge in [0.2, 0.25) is 0 Å². The second-order valence-electron chi connectivity index (χ2n) is 14.3. The molecular formula is C51H29N3O2. The Balaban J connectivity index is 0.991. The molecule has 12 aromatic rings. The quantitative estimate of drug-likeness (QED) is 0.170. The lowest BCUT2D eigenvalue weighted by atomic mass is 9.92. The van der Waals surface area contributed by atoms with Gasteiger partial charge in [-0.2, -0.15) is 0 Å². The maximum Gasteiger partial charge on any atom is 0.167 e. The third kappa shape index (κ3) is 4.71. The molecule has 0 fully saturated rings. The average Bonchev–Trinajstić information content (AvgIpc) is 3.84. The van der Waals surface area contributed by atoms with E-state index >= 15 is 0 Å². The van der Waals surface area contributed by atoms with Crippen LogP contribution < -0.4 is 0 Å². The van der Waals surface area contributed by atoms with E-state index in [1.165, 1.54) is 32.3 Å². The summed E-state index contributed by atoms with van der Waals surface area (Å²) in [6.07, 6.45) is 0. The van der Waals surface area contributed by atoms with Crippen molar-refractivity contribution in [3.8, 4) is 45.3 Å². The minimum Gasteiger partial charge on any atom is -0.456 e. The molecule has 3 aromatic heterocycles. The smallest absolute Gasteiger partial charge is 0.167 e. The first-order valence-corrected chi connectivity index (χ1v) is 18.8. The zero-order valence-corrected chi connectivity index (χ0v) is 29.9. The van der Waals surface area contributed by atoms with Crippen molar-refractivity contribution in [3.63, 3.8) is 0 Å². The molecule has 56 heavy (non-hydrogen) atoms. The Morgan fingerprint density at radius 1 is 0.268 bits per heavy atom. The van der Waals surface area contributed by atoms with Gasteiger partial charge in [0.05, 0.1) is 5.56 Å². The summed E-state index contributed by atoms with van der Waals surface area (Å²) < 4.78 is 12.9. The molecule has 0 saturated heterocycles. The molecule has 260 valence electrons. The van der Waals surface area contributed by atoms with Crippen LogP contribution in [0.2, 0.25) is 0 Å². The van der Waals surface area contributed by atoms with E-state index < -0.39 is 0 Å². The molecule has 5 heteroatoms. The second-order valence-corrected chi connectivity index (χ2v) is 14.3. The highest BCUT2D eigenvalue weighted by atomic mass is 16.3. The molecule has 0 radical (unpaired) electrons. The zero-order chi connectivity index (χ0) is 36.7. The topological polar surface area (TPSA) is 65.0 Å². The van der Waals surface area contributed by atoms with Crippen molar-refractivity contribution in [2.24, 2.45) is 0 Å². The summed E-state index contributed by atoms with van der Waals surface area (Å²) in [5.41, 5.74) is 8.03. The van der Waals surface area contributed by atoms with Crippen LogP contribution in [0.15, 0.2) is 185 Å². The van der Waals surface area contributed by atoms with Gasteiger partial charge in [0.25, 0.3) is 0 Å². The van der Waals surface area contributed by atoms with Gasteiger partial charge in [0.15, 0.2) is 17.5 Å². The molecule has 12 rings (SSSR count). The predicted octanol–water partition coefficient (Wildman–Crippen LogP) is 13.8. The van der Waals surface area contributed by atoms with Gasteiger partial charge < -0.3 is 8.83 Å². The number of furan rings is 2. The predicted molar refractivity (Wildman–Crippen MR) is 229 cm³/mol. The van der Waals surface area contributed by atoms with Crippen LogP contribution in [0.5, 0.6) is 0 Å². The molecule has 5 nitrogen and oxygen atoms in total. The van der Waals surface area contributed by atoms with Gasteiger partial charge in [-0.25, -0.2) is 15.0 Å². The number of benzene rings is 9. The van der Waals surface area contributed by atoms with Gasteiger partial charge in [-0.3, -0.25) is 0 Å². The standard InChI is InChI=1S/C51H29N3O2/c1-2-11-30(12-3-1)49-52-50(54-51(53-49)42-19-10-18-41-39-17-8-9-20-45(39)56-48(41)42)33-22-25-40-44-28-32(23-26-46(44)55-47(40)29-33)31-21-24-38-36-15-5-4-13-34(36)35-14-6-7-16-37(35)43(38)27-31/h1-29H. The summed E-state index contributed by atoms with van der Waals surface area (Å²) >= 11 is 0. The van der Waals surface area contributed by atoms with Crippen molar-refractivity contribution in [2.75, 3.05) is 0 Å². The minimum absolute atomic E-state index is 0.545. The number of para-hydroxylation sites is 2. The van der Waals surface area contributed by atoms with Gasteiger partial charge in [-0.15, -0.1) is 0 Å². The Kier molecular flexibility index (Phi) is 6.56. The molecule has 0 unspecified atom stereocenters. The lowest BCUT2D eigenvalue weighted by molar-refractivity contribution is 0.668. The fourth-order valence-electron chi connectivity index (χ4n) is 8.45. The fourth-order valence-corrected chi connectivity index (χ4v) is 8.45. The second kappa shape index (κ2) is 11.9. The van der Waals surface area contributed by atoms with Crippen LogP contribution in [-0.4, -0.2) is 15.0 Å². The molecule has 0 aliphatic carbocycles. The maximum atomic E-state index is 6.52. The molecule has 0 atom stereocenters. The highest BCUT2D eigenvalue weighted by Crippen LogP contribution is 2.40. The van der Waals surface area contributed by atoms with Crippen LogP contribution in [0, 0.1) is 0 Å². The lowest BCUT2D eigenvalue weighted by Crippen LogP contribution is -2.00. The Labute approximate surface area is 320 Å². The largest absolute Gasteiger partial charge is 0.456 e. The maximum absolute atomic E-state index is 6.52. The van der Waals surface area contributed by atoms with Crippen molar-refractivity contribution >= 4 is 76.2 Å². The van der Waals surface area contributed by atoms with E-state index in [4.69, 9.17) is 23.8 Å². The van der Waals surface area contributed by atoms with E-state index in [0.29, 0.717) is 17.5 Å². The number of nitrogens with zero attached hydrogens (tertiary/aromatic N) is 3. The molecule has 0 saturated carbocycles. The van der Waals surface area contributed by atoms with Gasteiger partial charge in [-0.1, -0.05) is 133 Å². The van der Waals surface area contributed by atoms with Crippen molar-refractivity contribution < 1.29 is 8.83 Å². The Morgan fingerprint density at radius 3 is 1.55 bits per heavy atom. The van der Waals surface area contributed by atoms with E-state index in [1.807, 2.05) is 66.7 Å². The molecule has 3 heterocycles. The Morgan fingerprint density at radius 2 is 0.786 bits per heavy atom. The molecule has 0 N–H and O–H groups in total. The Hall–Kier alpha value is -7.63. The third-order valence-electron chi connectivity index (χ3n) is 11.1. The summed E-state index contributed by atoms with van der Waals surface area (Å²) in [5.74, 6) is 1.69. The first kappa shape index (κ1) is 30.8. The number of fused-ring (bicyclic) bond motifs is 12. The van der Waals surface area contributed by atoms with Crippen LogP contribution in [0.3, 0.4) is 0 Å². The van der Waals surface area contributed by atoms with E-state index in [2.05, 4.69) is 109 Å². The number of rotatable bonds is 4. The molecule has 9 aromatic carbocycles. The number of aromatic nitrogens is 3. The molecule has 0 aliphatic rings. The number of hydrogen-bond donors (Lipinski definition) is 0. The van der Waals surface area contributed by atoms with Crippen molar-refractivity contribution in [3.05, 3.63) is 176 Å². The van der Waals surface area contributed by atoms with Crippen LogP contribution >= 0.6 is 0 Å². The van der Waals surface area contributed by atoms with Gasteiger partial charge >= 0.3 is 0 Å². The summed E-state index contributed by atoms with van der Waals surface area (Å²) in [5, 5.41) is 11.8. The molecule has 0 aliphatic heterocycles. The Bertz CT molecular complexity index is 3510. The summed E-state index contributed by atoms with van der Waals surface area (Å²) in [6, 6.07) is 61.2. The number of hydrogen-bond acceptors (Lipinski definition) is 5. The third-order valence-corrected chi connectivity index (χ3v) is 11.1. The van der Waals surface area contributed by atoms with Crippen LogP contribution in [0.4, 0.5) is 0 Å². The summed E-state index contributed by atoms with van der Waals surface area (Å²) in [6.45, 7) is 0. The fraction of sp³-hybridized carbons (Fsp3) is 0. The normalized spacial score (nSPS) is 11.9. The van der Waals surface area contributed by atoms with Crippen molar-refractivity contribution in [1.82, 2.24) is 15.0 Å². The van der Waals surface area contributed by atoms with Crippen molar-refractivity contribution in [2.45, 2.75) is 0 Å². The van der Waals surface area contributed by atoms with Crippen molar-refractivity contribution in [1.29, 1.82) is 0 Å². The molecule has 0 spiro atoms. The van der Waals surface area contributed by atoms with E-state index in [1.54, 1.807) is 0 Å². The zero-order valence-electron chi connectivity index (χ0n) is 29.9. The van der Waals surface area contributed by atoms with Gasteiger partial charge in [0, 0.05) is 32.7 Å². The average molecular weight is 716 g/mol. The van der Waals surface area contributed by atoms with E-state index in [-0.39, 0.29) is 0 Å². The first-order chi connectivity index (χ1) is 27.7. The van der Waals surface area contributed by atoms with E-state index in [9.17, 15) is 0 Å². The van der Waals surface area contributed by atoms with Crippen LogP contribution in [0.1, 0.15) is 0 Å². The lowest BCUT2D eigenvalue weighted by Gasteiger charge is -2.12. The molecular weight excluding hydrogens is 687 g/mol. The van der Waals surface area contributed by atoms with E-state index in [0.717, 1.165) is 71.7 Å². The minimum atomic E-state index is 0.545. The van der Waals surface area contributed by atoms with Gasteiger partial charge in [0.1, 0.15) is 22.3 Å². The highest BCUT2D eigenvalue weighted by molar-refractivity contribution is 6.25. The first-order valence-electron chi connectivity index (χ1n) is 18.8. The summed E-state index contributed by atoms with van der Waals surface area (Å²) in [7, 11) is 0.